The first-order valence-electron chi connectivity index (χ1n) is 5.26. The van der Waals surface area contributed by atoms with E-state index in [2.05, 4.69) is 9.89 Å². The van der Waals surface area contributed by atoms with Crippen LogP contribution in [0.3, 0.4) is 0 Å². The fraction of sp³-hybridized carbons (Fsp3) is 0.417. The van der Waals surface area contributed by atoms with Gasteiger partial charge in [-0.25, -0.2) is 14.2 Å². The number of rotatable bonds is 2. The van der Waals surface area contributed by atoms with Crippen molar-refractivity contribution in [3.05, 3.63) is 29.6 Å². The van der Waals surface area contributed by atoms with Crippen LogP contribution in [0.25, 0.3) is 0 Å². The molecule has 1 heterocycles. The van der Waals surface area contributed by atoms with Crippen molar-refractivity contribution in [2.75, 3.05) is 25.0 Å². The Labute approximate surface area is 93.6 Å². The Balaban J connectivity index is 2.37. The molecule has 0 N–H and O–H groups in total. The number of hydrogen-bond acceptors (Lipinski definition) is 3. The van der Waals surface area contributed by atoms with Crippen LogP contribution in [0.2, 0.25) is 0 Å². The zero-order valence-electron chi connectivity index (χ0n) is 9.11. The van der Waals surface area contributed by atoms with E-state index in [0.29, 0.717) is 6.54 Å². The zero-order valence-corrected chi connectivity index (χ0v) is 9.11. The third-order valence-corrected chi connectivity index (χ3v) is 3.03. The van der Waals surface area contributed by atoms with Gasteiger partial charge in [0.2, 0.25) is 6.08 Å². The average molecular weight is 220 g/mol. The van der Waals surface area contributed by atoms with E-state index in [1.807, 2.05) is 7.05 Å². The maximum absolute atomic E-state index is 13.2. The molecule has 1 aliphatic heterocycles. The zero-order chi connectivity index (χ0) is 11.5. The van der Waals surface area contributed by atoms with Crippen LogP contribution in [0.5, 0.6) is 0 Å². The van der Waals surface area contributed by atoms with Crippen LogP contribution in [-0.2, 0) is 4.79 Å². The minimum absolute atomic E-state index is 0.128. The summed E-state index contributed by atoms with van der Waals surface area (Å²) in [4.78, 5) is 15.8. The summed E-state index contributed by atoms with van der Waals surface area (Å²) in [6.45, 7) is 1.30. The van der Waals surface area contributed by atoms with Gasteiger partial charge in [-0.1, -0.05) is 0 Å². The number of isocyanates is 1. The largest absolute Gasteiger partial charge is 0.374 e. The number of aliphatic imine (C=N–C) groups is 1. The normalized spacial score (nSPS) is 18.9. The van der Waals surface area contributed by atoms with E-state index in [1.165, 1.54) is 18.2 Å². The van der Waals surface area contributed by atoms with Crippen molar-refractivity contribution >= 4 is 11.8 Å². The van der Waals surface area contributed by atoms with Gasteiger partial charge in [-0.15, -0.1) is 0 Å². The van der Waals surface area contributed by atoms with Gasteiger partial charge >= 0.3 is 0 Å². The van der Waals surface area contributed by atoms with Crippen molar-refractivity contribution in [3.8, 4) is 0 Å². The number of nitrogens with zero attached hydrogens (tertiary/aromatic N) is 2. The van der Waals surface area contributed by atoms with Crippen molar-refractivity contribution in [1.82, 2.24) is 0 Å². The predicted octanol–water partition coefficient (Wildman–Crippen LogP) is 2.08. The van der Waals surface area contributed by atoms with Crippen LogP contribution in [0, 0.1) is 5.82 Å². The van der Waals surface area contributed by atoms with E-state index in [0.717, 1.165) is 24.2 Å². The van der Waals surface area contributed by atoms with Crippen LogP contribution in [0.1, 0.15) is 17.9 Å². The monoisotopic (exact) mass is 220 g/mol. The molecule has 4 heteroatoms. The van der Waals surface area contributed by atoms with Crippen LogP contribution < -0.4 is 4.90 Å². The van der Waals surface area contributed by atoms with E-state index in [1.54, 1.807) is 6.07 Å². The minimum Gasteiger partial charge on any atom is -0.374 e. The van der Waals surface area contributed by atoms with Gasteiger partial charge in [0, 0.05) is 25.2 Å². The van der Waals surface area contributed by atoms with Gasteiger partial charge in [0.05, 0.1) is 6.54 Å². The highest BCUT2D eigenvalue weighted by Crippen LogP contribution is 2.34. The van der Waals surface area contributed by atoms with Crippen LogP contribution in [0.4, 0.5) is 10.1 Å². The Kier molecular flexibility index (Phi) is 3.02. The number of anilines is 1. The summed E-state index contributed by atoms with van der Waals surface area (Å²) in [5.41, 5.74) is 1.96. The molecule has 16 heavy (non-hydrogen) atoms. The molecule has 84 valence electrons. The molecule has 0 aliphatic carbocycles. The summed E-state index contributed by atoms with van der Waals surface area (Å²) in [7, 11) is 1.98. The van der Waals surface area contributed by atoms with Gasteiger partial charge in [0.25, 0.3) is 0 Å². The molecule has 2 rings (SSSR count). The molecule has 3 nitrogen and oxygen atoms in total. The lowest BCUT2D eigenvalue weighted by atomic mass is 9.90. The second-order valence-corrected chi connectivity index (χ2v) is 4.04. The molecular formula is C12H13FN2O. The van der Waals surface area contributed by atoms with Gasteiger partial charge < -0.3 is 4.90 Å². The number of hydrogen-bond donors (Lipinski definition) is 0. The molecule has 0 saturated heterocycles. The molecule has 1 unspecified atom stereocenters. The first kappa shape index (κ1) is 10.8. The first-order valence-corrected chi connectivity index (χ1v) is 5.26. The molecule has 0 fully saturated rings. The van der Waals surface area contributed by atoms with Crippen molar-refractivity contribution in [1.29, 1.82) is 0 Å². The minimum atomic E-state index is -0.242. The first-order chi connectivity index (χ1) is 7.72. The number of halogens is 1. The quantitative estimate of drug-likeness (QED) is 0.564. The van der Waals surface area contributed by atoms with E-state index >= 15 is 0 Å². The summed E-state index contributed by atoms with van der Waals surface area (Å²) in [5.74, 6) is -0.113. The van der Waals surface area contributed by atoms with Gasteiger partial charge in [-0.3, -0.25) is 0 Å². The molecule has 1 aromatic carbocycles. The Morgan fingerprint density at radius 2 is 2.44 bits per heavy atom. The summed E-state index contributed by atoms with van der Waals surface area (Å²) in [5, 5.41) is 0. The van der Waals surface area contributed by atoms with Crippen LogP contribution >= 0.6 is 0 Å². The Morgan fingerprint density at radius 3 is 3.19 bits per heavy atom. The van der Waals surface area contributed by atoms with Crippen molar-refractivity contribution < 1.29 is 9.18 Å². The van der Waals surface area contributed by atoms with Gasteiger partial charge in [-0.05, 0) is 30.2 Å². The van der Waals surface area contributed by atoms with Crippen LogP contribution in [-0.4, -0.2) is 26.2 Å². The highest BCUT2D eigenvalue weighted by Gasteiger charge is 2.23. The fourth-order valence-corrected chi connectivity index (χ4v) is 2.16. The molecule has 0 spiro atoms. The molecule has 0 amide bonds. The second kappa shape index (κ2) is 4.45. The van der Waals surface area contributed by atoms with Gasteiger partial charge in [-0.2, -0.15) is 0 Å². The number of carbonyl (C=O) groups excluding carboxylic acids is 1. The fourth-order valence-electron chi connectivity index (χ4n) is 2.16. The van der Waals surface area contributed by atoms with E-state index in [9.17, 15) is 9.18 Å². The molecule has 1 aliphatic rings. The molecule has 0 aromatic heterocycles. The summed E-state index contributed by atoms with van der Waals surface area (Å²) < 4.78 is 13.2. The van der Waals surface area contributed by atoms with E-state index in [-0.39, 0.29) is 11.7 Å². The summed E-state index contributed by atoms with van der Waals surface area (Å²) >= 11 is 0. The van der Waals surface area contributed by atoms with E-state index < -0.39 is 0 Å². The van der Waals surface area contributed by atoms with Crippen molar-refractivity contribution in [2.24, 2.45) is 4.99 Å². The molecule has 1 aromatic rings. The maximum Gasteiger partial charge on any atom is 0.234 e. The molecule has 0 bridgehead atoms. The number of fused-ring (bicyclic) bond motifs is 1. The van der Waals surface area contributed by atoms with Gasteiger partial charge in [0.1, 0.15) is 5.82 Å². The Morgan fingerprint density at radius 1 is 1.62 bits per heavy atom. The van der Waals surface area contributed by atoms with E-state index in [4.69, 9.17) is 0 Å². The van der Waals surface area contributed by atoms with Gasteiger partial charge in [0.15, 0.2) is 0 Å². The highest BCUT2D eigenvalue weighted by atomic mass is 19.1. The molecule has 1 atom stereocenters. The smallest absolute Gasteiger partial charge is 0.234 e. The lowest BCUT2D eigenvalue weighted by molar-refractivity contribution is 0.553. The standard InChI is InChI=1S/C12H13FN2O/c1-15-5-4-9(7-14-8-16)11-6-10(13)2-3-12(11)15/h2-3,6,9H,4-5,7H2,1H3. The third-order valence-electron chi connectivity index (χ3n) is 3.03. The third kappa shape index (κ3) is 1.97. The maximum atomic E-state index is 13.2. The SMILES string of the molecule is CN1CCC(CN=C=O)c2cc(F)ccc21. The summed E-state index contributed by atoms with van der Waals surface area (Å²) in [6.07, 6.45) is 2.43. The van der Waals surface area contributed by atoms with Crippen molar-refractivity contribution in [3.63, 3.8) is 0 Å². The Bertz CT molecular complexity index is 441. The van der Waals surface area contributed by atoms with Crippen LogP contribution in [0.15, 0.2) is 23.2 Å². The lowest BCUT2D eigenvalue weighted by Crippen LogP contribution is -2.28. The lowest BCUT2D eigenvalue weighted by Gasteiger charge is -2.32. The summed E-state index contributed by atoms with van der Waals surface area (Å²) in [6, 6.07) is 4.78. The molecular weight excluding hydrogens is 207 g/mol. The van der Waals surface area contributed by atoms with Crippen molar-refractivity contribution in [2.45, 2.75) is 12.3 Å². The Hall–Kier alpha value is -1.67. The predicted molar refractivity (Wildman–Crippen MR) is 60.0 cm³/mol. The highest BCUT2D eigenvalue weighted by molar-refractivity contribution is 5.57. The average Bonchev–Trinajstić information content (AvgIpc) is 2.28. The number of benzene rings is 1. The topological polar surface area (TPSA) is 32.7 Å². The molecule has 0 radical (unpaired) electrons. The molecule has 0 saturated carbocycles. The second-order valence-electron chi connectivity index (χ2n) is 4.04.